The van der Waals surface area contributed by atoms with Gasteiger partial charge in [-0.15, -0.1) is 0 Å². The monoisotopic (exact) mass is 345 g/mol. The number of hydrogen-bond donors (Lipinski definition) is 0. The van der Waals surface area contributed by atoms with Crippen molar-refractivity contribution in [2.75, 3.05) is 20.3 Å². The van der Waals surface area contributed by atoms with Crippen LogP contribution < -0.4 is 4.74 Å². The van der Waals surface area contributed by atoms with Crippen LogP contribution in [0.2, 0.25) is 0 Å². The molecule has 5 nitrogen and oxygen atoms in total. The maximum atomic E-state index is 13.6. The zero-order valence-corrected chi connectivity index (χ0v) is 14.2. The number of halogens is 1. The van der Waals surface area contributed by atoms with Crippen LogP contribution in [0.1, 0.15) is 22.8 Å². The van der Waals surface area contributed by atoms with Gasteiger partial charge in [-0.3, -0.25) is 4.79 Å². The molecule has 0 radical (unpaired) electrons. The molecule has 2 aromatic rings. The Balaban J connectivity index is 1.86. The highest BCUT2D eigenvalue weighted by atomic mass is 19.1. The molecular formula is C19H20FNO4. The van der Waals surface area contributed by atoms with Gasteiger partial charge in [0.05, 0.1) is 12.2 Å². The molecule has 2 rings (SSSR count). The molecule has 2 aromatic carbocycles. The first-order valence-corrected chi connectivity index (χ1v) is 7.88. The van der Waals surface area contributed by atoms with Gasteiger partial charge in [0, 0.05) is 19.2 Å². The first-order valence-electron chi connectivity index (χ1n) is 7.88. The first kappa shape index (κ1) is 18.4. The fraction of sp³-hybridized carbons (Fsp3) is 0.263. The van der Waals surface area contributed by atoms with Crippen molar-refractivity contribution in [3.05, 3.63) is 65.5 Å². The summed E-state index contributed by atoms with van der Waals surface area (Å²) in [4.78, 5) is 25.3. The third-order valence-electron chi connectivity index (χ3n) is 3.52. The number of carbonyl (C=O) groups excluding carboxylic acids is 2. The molecule has 6 heteroatoms. The van der Waals surface area contributed by atoms with E-state index in [1.165, 1.54) is 18.0 Å². The highest BCUT2D eigenvalue weighted by Gasteiger charge is 2.15. The lowest BCUT2D eigenvalue weighted by Gasteiger charge is -2.17. The van der Waals surface area contributed by atoms with Crippen LogP contribution >= 0.6 is 0 Å². The van der Waals surface area contributed by atoms with Crippen molar-refractivity contribution in [1.29, 1.82) is 0 Å². The molecule has 0 heterocycles. The highest BCUT2D eigenvalue weighted by molar-refractivity contribution is 5.91. The Morgan fingerprint density at radius 3 is 2.40 bits per heavy atom. The van der Waals surface area contributed by atoms with E-state index in [0.717, 1.165) is 0 Å². The van der Waals surface area contributed by atoms with Crippen molar-refractivity contribution < 1.29 is 23.5 Å². The van der Waals surface area contributed by atoms with Crippen molar-refractivity contribution in [1.82, 2.24) is 4.90 Å². The molecule has 0 atom stereocenters. The predicted molar refractivity (Wildman–Crippen MR) is 90.8 cm³/mol. The Morgan fingerprint density at radius 2 is 1.76 bits per heavy atom. The second kappa shape index (κ2) is 8.82. The van der Waals surface area contributed by atoms with E-state index in [1.807, 2.05) is 6.92 Å². The Bertz CT molecular complexity index is 730. The molecule has 0 saturated carbocycles. The van der Waals surface area contributed by atoms with Crippen LogP contribution in [0.15, 0.2) is 48.5 Å². The second-order valence-corrected chi connectivity index (χ2v) is 5.37. The van der Waals surface area contributed by atoms with Crippen molar-refractivity contribution >= 4 is 11.9 Å². The van der Waals surface area contributed by atoms with Crippen LogP contribution in [0.3, 0.4) is 0 Å². The minimum atomic E-state index is -0.601. The number of hydrogen-bond acceptors (Lipinski definition) is 4. The minimum Gasteiger partial charge on any atom is -0.494 e. The molecular weight excluding hydrogens is 325 g/mol. The summed E-state index contributed by atoms with van der Waals surface area (Å²) in [5.41, 5.74) is 0.726. The Hall–Kier alpha value is -2.89. The zero-order valence-electron chi connectivity index (χ0n) is 14.2. The molecule has 0 bridgehead atoms. The number of esters is 1. The molecule has 0 fully saturated rings. The van der Waals surface area contributed by atoms with Crippen LogP contribution in [-0.2, 0) is 16.1 Å². The third kappa shape index (κ3) is 5.31. The molecule has 0 saturated heterocycles. The average Bonchev–Trinajstić information content (AvgIpc) is 2.62. The van der Waals surface area contributed by atoms with E-state index in [1.54, 1.807) is 42.5 Å². The lowest BCUT2D eigenvalue weighted by atomic mass is 10.2. The van der Waals surface area contributed by atoms with Gasteiger partial charge in [-0.25, -0.2) is 9.18 Å². The fourth-order valence-electron chi connectivity index (χ4n) is 2.15. The summed E-state index contributed by atoms with van der Waals surface area (Å²) in [6, 6.07) is 12.7. The molecule has 0 aromatic heterocycles. The van der Waals surface area contributed by atoms with Crippen LogP contribution in [0.5, 0.6) is 5.75 Å². The number of rotatable bonds is 7. The Morgan fingerprint density at radius 1 is 1.08 bits per heavy atom. The van der Waals surface area contributed by atoms with Gasteiger partial charge < -0.3 is 14.4 Å². The van der Waals surface area contributed by atoms with Gasteiger partial charge in [-0.05, 0) is 37.3 Å². The largest absolute Gasteiger partial charge is 0.494 e. The van der Waals surface area contributed by atoms with Crippen LogP contribution in [-0.4, -0.2) is 37.0 Å². The van der Waals surface area contributed by atoms with E-state index in [2.05, 4.69) is 0 Å². The normalized spacial score (nSPS) is 10.2. The Labute approximate surface area is 146 Å². The highest BCUT2D eigenvalue weighted by Crippen LogP contribution is 2.13. The molecule has 0 aliphatic carbocycles. The van der Waals surface area contributed by atoms with E-state index >= 15 is 0 Å². The van der Waals surface area contributed by atoms with E-state index in [9.17, 15) is 14.0 Å². The summed E-state index contributed by atoms with van der Waals surface area (Å²) in [6.07, 6.45) is 0. The number of carbonyl (C=O) groups is 2. The van der Waals surface area contributed by atoms with E-state index in [-0.39, 0.29) is 12.4 Å². The average molecular weight is 345 g/mol. The van der Waals surface area contributed by atoms with Gasteiger partial charge in [0.25, 0.3) is 5.91 Å². The zero-order chi connectivity index (χ0) is 18.2. The number of benzene rings is 2. The van der Waals surface area contributed by atoms with Gasteiger partial charge in [-0.2, -0.15) is 0 Å². The predicted octanol–water partition coefficient (Wildman–Crippen LogP) is 3.04. The van der Waals surface area contributed by atoms with Crippen molar-refractivity contribution in [3.63, 3.8) is 0 Å². The topological polar surface area (TPSA) is 55.8 Å². The third-order valence-corrected chi connectivity index (χ3v) is 3.52. The summed E-state index contributed by atoms with van der Waals surface area (Å²) in [5, 5.41) is 0. The lowest BCUT2D eigenvalue weighted by molar-refractivity contribution is -0.133. The van der Waals surface area contributed by atoms with E-state index in [4.69, 9.17) is 9.47 Å². The molecule has 132 valence electrons. The molecule has 1 amide bonds. The smallest absolute Gasteiger partial charge is 0.338 e. The van der Waals surface area contributed by atoms with Crippen molar-refractivity contribution in [3.8, 4) is 5.75 Å². The molecule has 0 spiro atoms. The van der Waals surface area contributed by atoms with Gasteiger partial charge in [0.15, 0.2) is 6.61 Å². The first-order chi connectivity index (χ1) is 12.0. The van der Waals surface area contributed by atoms with Crippen molar-refractivity contribution in [2.45, 2.75) is 13.5 Å². The lowest BCUT2D eigenvalue weighted by Crippen LogP contribution is -2.31. The van der Waals surface area contributed by atoms with Gasteiger partial charge in [0.2, 0.25) is 0 Å². The number of nitrogens with zero attached hydrogens (tertiary/aromatic N) is 1. The van der Waals surface area contributed by atoms with Crippen LogP contribution in [0.4, 0.5) is 4.39 Å². The Kier molecular flexibility index (Phi) is 6.51. The number of ether oxygens (including phenoxy) is 2. The fourth-order valence-corrected chi connectivity index (χ4v) is 2.15. The summed E-state index contributed by atoms with van der Waals surface area (Å²) in [7, 11) is 1.53. The summed E-state index contributed by atoms with van der Waals surface area (Å²) in [5.74, 6) is -0.744. The molecule has 0 aliphatic heterocycles. The van der Waals surface area contributed by atoms with Crippen LogP contribution in [0.25, 0.3) is 0 Å². The number of amides is 1. The number of likely N-dealkylation sites (N-methyl/N-ethyl adjacent to an activating group) is 1. The SMILES string of the molecule is CCOc1ccc(C(=O)OCC(=O)N(C)Cc2ccccc2F)cc1. The maximum Gasteiger partial charge on any atom is 0.338 e. The van der Waals surface area contributed by atoms with E-state index < -0.39 is 18.5 Å². The minimum absolute atomic E-state index is 0.103. The van der Waals surface area contributed by atoms with Gasteiger partial charge in [-0.1, -0.05) is 18.2 Å². The van der Waals surface area contributed by atoms with Gasteiger partial charge in [0.1, 0.15) is 11.6 Å². The summed E-state index contributed by atoms with van der Waals surface area (Å²) in [6.45, 7) is 2.10. The second-order valence-electron chi connectivity index (χ2n) is 5.37. The standard InChI is InChI=1S/C19H20FNO4/c1-3-24-16-10-8-14(9-11-16)19(23)25-13-18(22)21(2)12-15-6-4-5-7-17(15)20/h4-11H,3,12-13H2,1-2H3. The maximum absolute atomic E-state index is 13.6. The molecule has 0 aliphatic rings. The molecule has 0 unspecified atom stereocenters. The van der Waals surface area contributed by atoms with Crippen molar-refractivity contribution in [2.24, 2.45) is 0 Å². The molecule has 25 heavy (non-hydrogen) atoms. The summed E-state index contributed by atoms with van der Waals surface area (Å²) < 4.78 is 23.9. The molecule has 0 N–H and O–H groups in total. The quantitative estimate of drug-likeness (QED) is 0.724. The van der Waals surface area contributed by atoms with Crippen LogP contribution in [0, 0.1) is 5.82 Å². The summed E-state index contributed by atoms with van der Waals surface area (Å²) >= 11 is 0. The van der Waals surface area contributed by atoms with Gasteiger partial charge >= 0.3 is 5.97 Å². The van der Waals surface area contributed by atoms with E-state index in [0.29, 0.717) is 23.5 Å².